The fourth-order valence-electron chi connectivity index (χ4n) is 8.49. The van der Waals surface area contributed by atoms with Crippen LogP contribution in [0.15, 0.2) is 0 Å². The molecule has 0 bridgehead atoms. The normalized spacial score (nSPS) is 37.0. The van der Waals surface area contributed by atoms with E-state index in [-0.39, 0.29) is 1.43 Å². The summed E-state index contributed by atoms with van der Waals surface area (Å²) in [4.78, 5) is 24.1. The van der Waals surface area contributed by atoms with Gasteiger partial charge < -0.3 is 31.0 Å². The first-order valence-corrected chi connectivity index (χ1v) is 17.6. The van der Waals surface area contributed by atoms with Crippen molar-refractivity contribution in [2.24, 2.45) is 11.5 Å². The van der Waals surface area contributed by atoms with Gasteiger partial charge in [0.1, 0.15) is 6.79 Å². The van der Waals surface area contributed by atoms with Gasteiger partial charge in [-0.1, -0.05) is 0 Å². The third-order valence-electron chi connectivity index (χ3n) is 11.6. The van der Waals surface area contributed by atoms with Crippen molar-refractivity contribution >= 4 is 6.79 Å². The predicted octanol–water partition coefficient (Wildman–Crippen LogP) is 3.67. The minimum atomic E-state index is 0. The second kappa shape index (κ2) is 18.5. The molecule has 5 rings (SSSR count). The zero-order chi connectivity index (χ0) is 31.5. The molecule has 0 aromatic rings. The molecule has 0 radical (unpaired) electrons. The van der Waals surface area contributed by atoms with Gasteiger partial charge in [0, 0.05) is 49.8 Å². The lowest BCUT2D eigenvalue weighted by atomic mass is 9.87. The van der Waals surface area contributed by atoms with Gasteiger partial charge in [0.05, 0.1) is 20.0 Å². The molecule has 0 unspecified atom stereocenters. The summed E-state index contributed by atoms with van der Waals surface area (Å²) in [6.45, 7) is 5.62. The van der Waals surface area contributed by atoms with Crippen LogP contribution in [0.2, 0.25) is 0 Å². The van der Waals surface area contributed by atoms with Gasteiger partial charge in [-0.25, -0.2) is 0 Å². The Balaban J connectivity index is 0.000000528. The Morgan fingerprint density at radius 3 is 0.837 bits per heavy atom. The summed E-state index contributed by atoms with van der Waals surface area (Å²) in [7, 11) is 13.6. The largest absolute Gasteiger partial charge is 0.328 e. The van der Waals surface area contributed by atoms with Gasteiger partial charge in [-0.05, 0) is 145 Å². The van der Waals surface area contributed by atoms with Crippen molar-refractivity contribution in [1.29, 1.82) is 0 Å². The van der Waals surface area contributed by atoms with Crippen molar-refractivity contribution in [1.82, 2.24) is 29.4 Å². The lowest BCUT2D eigenvalue weighted by Crippen LogP contribution is -2.63. The van der Waals surface area contributed by atoms with Crippen molar-refractivity contribution in [2.45, 2.75) is 151 Å². The van der Waals surface area contributed by atoms with Gasteiger partial charge in [-0.3, -0.25) is 14.7 Å². The molecule has 1 heterocycles. The van der Waals surface area contributed by atoms with Crippen LogP contribution in [0.3, 0.4) is 0 Å². The monoisotopic (exact) mass is 610 g/mol. The molecule has 0 aromatic carbocycles. The van der Waals surface area contributed by atoms with Crippen molar-refractivity contribution in [3.63, 3.8) is 0 Å². The molecule has 5 fully saturated rings. The molecule has 43 heavy (non-hydrogen) atoms. The highest BCUT2D eigenvalue weighted by atomic mass is 16.1. The Morgan fingerprint density at radius 1 is 0.442 bits per heavy atom. The molecule has 4 saturated carbocycles. The van der Waals surface area contributed by atoms with Crippen LogP contribution in [-0.2, 0) is 4.79 Å². The molecule has 254 valence electrons. The topological polar surface area (TPSA) is 88.6 Å². The Labute approximate surface area is 267 Å². The quantitative estimate of drug-likeness (QED) is 0.468. The Kier molecular flexibility index (Phi) is 15.8. The molecule has 4 aliphatic carbocycles. The summed E-state index contributed by atoms with van der Waals surface area (Å²) in [5, 5.41) is 0. The van der Waals surface area contributed by atoms with Gasteiger partial charge in [0.2, 0.25) is 0 Å². The summed E-state index contributed by atoms with van der Waals surface area (Å²) in [6, 6.07) is 5.60. The fraction of sp³-hybridized carbons (Fsp3) is 0.971. The molecule has 5 aliphatic rings. The van der Waals surface area contributed by atoms with Crippen LogP contribution in [-0.4, -0.2) is 147 Å². The Hall–Kier alpha value is -0.650. The van der Waals surface area contributed by atoms with E-state index in [0.29, 0.717) is 12.1 Å². The lowest BCUT2D eigenvalue weighted by molar-refractivity contribution is -0.104. The molecule has 1 aliphatic heterocycles. The maximum atomic E-state index is 8.00. The van der Waals surface area contributed by atoms with Crippen LogP contribution >= 0.6 is 0 Å². The predicted molar refractivity (Wildman–Crippen MR) is 183 cm³/mol. The molecule has 0 atom stereocenters. The Morgan fingerprint density at radius 2 is 0.651 bits per heavy atom. The van der Waals surface area contributed by atoms with E-state index in [0.717, 1.165) is 61.9 Å². The number of carbonyl (C=O) groups is 1. The SMILES string of the molecule is C=O.CN(C)C1CCC(N2CN(C3CCC(N(C)C)CC3)CN(C3CCC(N(C)C)CC3)C2)CC1.NC1CCC(N)CC1.[2HH]. The molecule has 0 aromatic heterocycles. The fourth-order valence-corrected chi connectivity index (χ4v) is 8.49. The van der Waals surface area contributed by atoms with Crippen LogP contribution in [0, 0.1) is 0 Å². The molecular formula is C34H72N8O. The maximum Gasteiger partial charge on any atom is 0.106 e. The highest BCUT2D eigenvalue weighted by Gasteiger charge is 2.38. The highest BCUT2D eigenvalue weighted by molar-refractivity contribution is 5.11. The number of carbonyl (C=O) groups excluding carboxylic acids is 1. The van der Waals surface area contributed by atoms with Gasteiger partial charge in [-0.2, -0.15) is 0 Å². The van der Waals surface area contributed by atoms with E-state index in [9.17, 15) is 0 Å². The smallest absolute Gasteiger partial charge is 0.106 e. The summed E-state index contributed by atoms with van der Waals surface area (Å²) >= 11 is 0. The average molecular weight is 610 g/mol. The standard InChI is InChI=1S/C27H54N6.C6H14N2.CH2O.H2/c1-28(2)22-7-13-25(14-8-22)31-19-32(26-15-9-23(10-16-26)29(3)4)21-33(20-31)27-17-11-24(12-18-27)30(5)6;7-5-1-2-6(8)4-3-5;1-2;/h22-27H,7-21H2,1-6H3;5-6H,1-4,7-8H2;1H2;1H/i;;;1+1. The molecule has 0 amide bonds. The van der Waals surface area contributed by atoms with Crippen LogP contribution < -0.4 is 11.5 Å². The second-order valence-corrected chi connectivity index (χ2v) is 15.1. The van der Waals surface area contributed by atoms with Crippen molar-refractivity contribution in [3.8, 4) is 0 Å². The van der Waals surface area contributed by atoms with E-state index in [2.05, 4.69) is 71.7 Å². The number of rotatable bonds is 6. The maximum absolute atomic E-state index is 8.00. The molecule has 4 N–H and O–H groups in total. The third-order valence-corrected chi connectivity index (χ3v) is 11.6. The van der Waals surface area contributed by atoms with E-state index >= 15 is 0 Å². The van der Waals surface area contributed by atoms with Gasteiger partial charge >= 0.3 is 0 Å². The number of nitrogens with two attached hydrogens (primary N) is 2. The first-order valence-electron chi connectivity index (χ1n) is 17.6. The average Bonchev–Trinajstić information content (AvgIpc) is 3.03. The van der Waals surface area contributed by atoms with Gasteiger partial charge in [0.15, 0.2) is 0 Å². The molecule has 1 saturated heterocycles. The van der Waals surface area contributed by atoms with Crippen LogP contribution in [0.5, 0.6) is 0 Å². The summed E-state index contributed by atoms with van der Waals surface area (Å²) in [5.74, 6) is 0. The first-order chi connectivity index (χ1) is 20.6. The van der Waals surface area contributed by atoms with Crippen LogP contribution in [0.25, 0.3) is 0 Å². The zero-order valence-electron chi connectivity index (χ0n) is 29.0. The number of nitrogens with zero attached hydrogens (tertiary/aromatic N) is 6. The minimum absolute atomic E-state index is 0. The lowest BCUT2D eigenvalue weighted by Gasteiger charge is -2.53. The molecular weight excluding hydrogens is 536 g/mol. The summed E-state index contributed by atoms with van der Waals surface area (Å²) in [5.41, 5.74) is 11.3. The van der Waals surface area contributed by atoms with E-state index in [4.69, 9.17) is 16.3 Å². The second-order valence-electron chi connectivity index (χ2n) is 15.1. The van der Waals surface area contributed by atoms with E-state index in [1.165, 1.54) is 97.1 Å². The molecule has 9 nitrogen and oxygen atoms in total. The molecule has 0 spiro atoms. The molecule has 9 heteroatoms. The van der Waals surface area contributed by atoms with Gasteiger partial charge in [0.25, 0.3) is 0 Å². The highest BCUT2D eigenvalue weighted by Crippen LogP contribution is 2.33. The zero-order valence-corrected chi connectivity index (χ0v) is 29.0. The van der Waals surface area contributed by atoms with Crippen molar-refractivity contribution in [3.05, 3.63) is 0 Å². The van der Waals surface area contributed by atoms with E-state index in [1.807, 2.05) is 6.79 Å². The van der Waals surface area contributed by atoms with Crippen LogP contribution in [0.4, 0.5) is 0 Å². The van der Waals surface area contributed by atoms with Gasteiger partial charge in [-0.15, -0.1) is 0 Å². The van der Waals surface area contributed by atoms with E-state index in [1.54, 1.807) is 0 Å². The summed E-state index contributed by atoms with van der Waals surface area (Å²) in [6.07, 6.45) is 21.0. The first kappa shape index (κ1) is 36.8. The number of hydrogen-bond acceptors (Lipinski definition) is 9. The van der Waals surface area contributed by atoms with Crippen molar-refractivity contribution in [2.75, 3.05) is 62.3 Å². The minimum Gasteiger partial charge on any atom is -0.328 e. The van der Waals surface area contributed by atoms with Crippen LogP contribution in [0.1, 0.15) is 104 Å². The number of hydrogen-bond donors (Lipinski definition) is 2. The summed E-state index contributed by atoms with van der Waals surface area (Å²) < 4.78 is 0. The van der Waals surface area contributed by atoms with E-state index < -0.39 is 0 Å². The van der Waals surface area contributed by atoms with Crippen molar-refractivity contribution < 1.29 is 6.22 Å². The third kappa shape index (κ3) is 11.3. The Bertz CT molecular complexity index is 647.